The maximum absolute atomic E-state index is 13.0. The first-order chi connectivity index (χ1) is 39.2. The average molecular weight is 1140 g/mol. The van der Waals surface area contributed by atoms with E-state index in [1.54, 1.807) is 0 Å². The Balaban J connectivity index is 4.76. The van der Waals surface area contributed by atoms with Crippen LogP contribution in [0.25, 0.3) is 0 Å². The zero-order valence-electron chi connectivity index (χ0n) is 51.0. The number of aliphatic hydroxyl groups excluding tert-OH is 1. The van der Waals surface area contributed by atoms with Crippen molar-refractivity contribution >= 4 is 25.7 Å². The first-order valence-corrected chi connectivity index (χ1v) is 33.6. The molecule has 0 aromatic heterocycles. The summed E-state index contributed by atoms with van der Waals surface area (Å²) < 4.78 is 39.7. The minimum absolute atomic E-state index is 0.147. The van der Waals surface area contributed by atoms with E-state index in [9.17, 15) is 28.9 Å². The van der Waals surface area contributed by atoms with Crippen LogP contribution in [0.15, 0.2) is 97.2 Å². The van der Waals surface area contributed by atoms with E-state index in [0.29, 0.717) is 19.3 Å². The van der Waals surface area contributed by atoms with Gasteiger partial charge in [0.1, 0.15) is 12.7 Å². The number of allylic oxidation sites excluding steroid dienone is 16. The number of esters is 3. The average Bonchev–Trinajstić information content (AvgIpc) is 3.45. The third-order valence-corrected chi connectivity index (χ3v) is 14.4. The highest BCUT2D eigenvalue weighted by molar-refractivity contribution is 7.47. The topological polar surface area (TPSA) is 155 Å². The van der Waals surface area contributed by atoms with Crippen LogP contribution in [0.2, 0.25) is 0 Å². The van der Waals surface area contributed by atoms with Gasteiger partial charge in [0.15, 0.2) is 6.10 Å². The molecule has 3 unspecified atom stereocenters. The zero-order valence-corrected chi connectivity index (χ0v) is 51.9. The van der Waals surface area contributed by atoms with E-state index >= 15 is 0 Å². The van der Waals surface area contributed by atoms with Gasteiger partial charge in [-0.25, -0.2) is 4.57 Å². The number of rotatable bonds is 59. The van der Waals surface area contributed by atoms with Crippen LogP contribution in [0.1, 0.15) is 278 Å². The van der Waals surface area contributed by atoms with Crippen LogP contribution in [0, 0.1) is 0 Å². The van der Waals surface area contributed by atoms with E-state index in [0.717, 1.165) is 135 Å². The van der Waals surface area contributed by atoms with Crippen LogP contribution in [0.3, 0.4) is 0 Å². The fourth-order valence-electron chi connectivity index (χ4n) is 8.58. The van der Waals surface area contributed by atoms with E-state index in [-0.39, 0.29) is 25.9 Å². The Morgan fingerprint density at radius 3 is 1.00 bits per heavy atom. The Kier molecular flexibility index (Phi) is 58.7. The molecule has 0 heterocycles. The quantitative estimate of drug-likeness (QED) is 0.0197. The van der Waals surface area contributed by atoms with Gasteiger partial charge in [0.05, 0.1) is 19.8 Å². The molecule has 0 saturated heterocycles. The summed E-state index contributed by atoms with van der Waals surface area (Å²) in [5, 5.41) is 9.84. The number of aliphatic hydroxyl groups is 1. The molecule has 0 spiro atoms. The van der Waals surface area contributed by atoms with Gasteiger partial charge in [0.25, 0.3) is 0 Å². The molecule has 0 bridgehead atoms. The largest absolute Gasteiger partial charge is 0.472 e. The molecule has 12 heteroatoms. The molecule has 0 fully saturated rings. The molecule has 0 amide bonds. The molecule has 0 aliphatic rings. The minimum Gasteiger partial charge on any atom is -0.462 e. The monoisotopic (exact) mass is 1140 g/mol. The third kappa shape index (κ3) is 59.0. The summed E-state index contributed by atoms with van der Waals surface area (Å²) in [7, 11) is -4.77. The number of ether oxygens (including phenoxy) is 3. The molecule has 0 rings (SSSR count). The number of phosphoric acid groups is 1. The molecule has 0 aromatic carbocycles. The second-order valence-electron chi connectivity index (χ2n) is 21.2. The van der Waals surface area contributed by atoms with Gasteiger partial charge in [-0.3, -0.25) is 23.4 Å². The third-order valence-electron chi connectivity index (χ3n) is 13.5. The summed E-state index contributed by atoms with van der Waals surface area (Å²) in [6, 6.07) is 0. The van der Waals surface area contributed by atoms with E-state index in [2.05, 4.69) is 118 Å². The Bertz CT molecular complexity index is 1710. The Labute approximate surface area is 489 Å². The number of hydrogen-bond donors (Lipinski definition) is 2. The van der Waals surface area contributed by atoms with E-state index < -0.39 is 57.8 Å². The Morgan fingerprint density at radius 2 is 0.650 bits per heavy atom. The number of unbranched alkanes of at least 4 members (excludes halogenated alkanes) is 26. The smallest absolute Gasteiger partial charge is 0.462 e. The van der Waals surface area contributed by atoms with Gasteiger partial charge in [-0.2, -0.15) is 0 Å². The SMILES string of the molecule is CC/C=C\C/C=C\C/C=C\CCCCCCCC(=O)OC(CO)COP(=O)(O)OCC(COC(=O)CCCCCCCCCCC/C=C\C/C=C\CCCCC)OC(=O)CCCCCCCC/C=C\C/C=C\C/C=C\CCCCC. The fourth-order valence-corrected chi connectivity index (χ4v) is 9.37. The molecule has 0 radical (unpaired) electrons. The van der Waals surface area contributed by atoms with Crippen molar-refractivity contribution in [2.75, 3.05) is 26.4 Å². The van der Waals surface area contributed by atoms with Crippen molar-refractivity contribution < 1.29 is 52.2 Å². The van der Waals surface area contributed by atoms with Crippen LogP contribution in [0.4, 0.5) is 0 Å². The molecule has 11 nitrogen and oxygen atoms in total. The summed E-state index contributed by atoms with van der Waals surface area (Å²) in [4.78, 5) is 48.8. The van der Waals surface area contributed by atoms with Crippen molar-refractivity contribution in [1.29, 1.82) is 0 Å². The van der Waals surface area contributed by atoms with Gasteiger partial charge in [-0.1, -0.05) is 234 Å². The van der Waals surface area contributed by atoms with Crippen molar-refractivity contribution in [3.8, 4) is 0 Å². The molecule has 0 aliphatic heterocycles. The number of hydrogen-bond acceptors (Lipinski definition) is 10. The zero-order chi connectivity index (χ0) is 58.3. The second kappa shape index (κ2) is 61.5. The van der Waals surface area contributed by atoms with Crippen LogP contribution < -0.4 is 0 Å². The van der Waals surface area contributed by atoms with Crippen molar-refractivity contribution in [3.63, 3.8) is 0 Å². The lowest BCUT2D eigenvalue weighted by Gasteiger charge is -2.21. The lowest BCUT2D eigenvalue weighted by Crippen LogP contribution is -2.30. The standard InChI is InChI=1S/C68H117O11P/c1-4-7-10-13-16-19-22-25-28-30-32-34-37-39-42-45-48-51-54-57-66(70)75-61-65(79-68(72)59-56-53-50-47-44-41-38-35-33-31-29-26-23-20-17-14-11-8-5-2)63-77-80(73,74)76-62-64(60-69)78-67(71)58-55-52-49-46-43-40-36-27-24-21-18-15-12-9-6-3/h9,12,16-21,25-29,33,35-36,64-65,69H,4-8,10-11,13-15,22-24,30-32,34,37-63H2,1-3H3,(H,73,74)/b12-9-,19-16-,20-17-,21-18-,28-25-,29-26-,35-33-,36-27-. The predicted molar refractivity (Wildman–Crippen MR) is 334 cm³/mol. The fraction of sp³-hybridized carbons (Fsp3) is 0.721. The first-order valence-electron chi connectivity index (χ1n) is 32.1. The number of phosphoric ester groups is 1. The molecule has 0 aromatic rings. The van der Waals surface area contributed by atoms with Gasteiger partial charge in [-0.15, -0.1) is 0 Å². The van der Waals surface area contributed by atoms with Crippen molar-refractivity contribution in [2.45, 2.75) is 290 Å². The Hall–Kier alpha value is -3.60. The maximum atomic E-state index is 13.0. The first kappa shape index (κ1) is 76.4. The molecule has 0 aliphatic carbocycles. The number of carbonyl (C=O) groups is 3. The normalized spacial score (nSPS) is 13.9. The molecule has 460 valence electrons. The molecular weight excluding hydrogens is 1020 g/mol. The molecule has 2 N–H and O–H groups in total. The van der Waals surface area contributed by atoms with Crippen LogP contribution >= 0.6 is 7.82 Å². The lowest BCUT2D eigenvalue weighted by atomic mass is 10.1. The number of carbonyl (C=O) groups excluding carboxylic acids is 3. The van der Waals surface area contributed by atoms with Crippen LogP contribution in [0.5, 0.6) is 0 Å². The van der Waals surface area contributed by atoms with Gasteiger partial charge in [0.2, 0.25) is 0 Å². The van der Waals surface area contributed by atoms with Gasteiger partial charge in [0, 0.05) is 19.3 Å². The highest BCUT2D eigenvalue weighted by atomic mass is 31.2. The minimum atomic E-state index is -4.77. The summed E-state index contributed by atoms with van der Waals surface area (Å²) >= 11 is 0. The van der Waals surface area contributed by atoms with Gasteiger partial charge >= 0.3 is 25.7 Å². The summed E-state index contributed by atoms with van der Waals surface area (Å²) in [5.74, 6) is -1.50. The molecule has 3 atom stereocenters. The highest BCUT2D eigenvalue weighted by Gasteiger charge is 2.28. The molecule has 0 saturated carbocycles. The van der Waals surface area contributed by atoms with Gasteiger partial charge < -0.3 is 24.2 Å². The van der Waals surface area contributed by atoms with Crippen molar-refractivity contribution in [3.05, 3.63) is 97.2 Å². The summed E-state index contributed by atoms with van der Waals surface area (Å²) in [6.45, 7) is 4.47. The van der Waals surface area contributed by atoms with Crippen molar-refractivity contribution in [1.82, 2.24) is 0 Å². The summed E-state index contributed by atoms with van der Waals surface area (Å²) in [6.07, 6.45) is 73.5. The van der Waals surface area contributed by atoms with Gasteiger partial charge in [-0.05, 0) is 122 Å². The Morgan fingerprint density at radius 1 is 0.362 bits per heavy atom. The van der Waals surface area contributed by atoms with Crippen LogP contribution in [-0.2, 0) is 42.2 Å². The molecular formula is C68H117O11P. The highest BCUT2D eigenvalue weighted by Crippen LogP contribution is 2.43. The van der Waals surface area contributed by atoms with Crippen LogP contribution in [-0.4, -0.2) is 66.5 Å². The summed E-state index contributed by atoms with van der Waals surface area (Å²) in [5.41, 5.74) is 0. The van der Waals surface area contributed by atoms with E-state index in [4.69, 9.17) is 23.3 Å². The van der Waals surface area contributed by atoms with Crippen molar-refractivity contribution in [2.24, 2.45) is 0 Å². The lowest BCUT2D eigenvalue weighted by molar-refractivity contribution is -0.161. The van der Waals surface area contributed by atoms with E-state index in [1.165, 1.54) is 83.5 Å². The predicted octanol–water partition coefficient (Wildman–Crippen LogP) is 19.6. The maximum Gasteiger partial charge on any atom is 0.472 e. The molecule has 80 heavy (non-hydrogen) atoms. The van der Waals surface area contributed by atoms with E-state index in [1.807, 2.05) is 0 Å². The second-order valence-corrected chi connectivity index (χ2v) is 22.6.